The molecule has 1 aromatic carbocycles. The highest BCUT2D eigenvalue weighted by Crippen LogP contribution is 2.56. The summed E-state index contributed by atoms with van der Waals surface area (Å²) in [6.45, 7) is 2.12. The second kappa shape index (κ2) is 6.42. The smallest absolute Gasteiger partial charge is 0.224 e. The Kier molecular flexibility index (Phi) is 4.28. The number of para-hydroxylation sites is 2. The molecule has 2 N–H and O–H groups in total. The number of carbonyl (C=O) groups is 1. The summed E-state index contributed by atoms with van der Waals surface area (Å²) < 4.78 is 0. The van der Waals surface area contributed by atoms with Crippen molar-refractivity contribution in [1.29, 1.82) is 0 Å². The fourth-order valence-electron chi connectivity index (χ4n) is 5.80. The minimum atomic E-state index is 0.136. The molecule has 4 aliphatic rings. The Morgan fingerprint density at radius 3 is 2.21 bits per heavy atom. The van der Waals surface area contributed by atoms with Crippen LogP contribution in [0.5, 0.6) is 0 Å². The van der Waals surface area contributed by atoms with Crippen molar-refractivity contribution in [2.45, 2.75) is 70.3 Å². The van der Waals surface area contributed by atoms with Crippen LogP contribution in [0, 0.1) is 17.8 Å². The van der Waals surface area contributed by atoms with E-state index in [1.807, 2.05) is 12.1 Å². The molecule has 0 atom stereocenters. The van der Waals surface area contributed by atoms with E-state index in [1.165, 1.54) is 38.5 Å². The van der Waals surface area contributed by atoms with Crippen molar-refractivity contribution in [2.75, 3.05) is 10.6 Å². The van der Waals surface area contributed by atoms with E-state index in [0.29, 0.717) is 6.42 Å². The van der Waals surface area contributed by atoms with Crippen LogP contribution < -0.4 is 10.6 Å². The molecular formula is C21H30N2O. The maximum Gasteiger partial charge on any atom is 0.224 e. The molecule has 0 spiro atoms. The van der Waals surface area contributed by atoms with Gasteiger partial charge in [-0.1, -0.05) is 25.5 Å². The first-order valence-electron chi connectivity index (χ1n) is 9.83. The zero-order chi connectivity index (χ0) is 16.6. The molecular weight excluding hydrogens is 296 g/mol. The van der Waals surface area contributed by atoms with Gasteiger partial charge in [-0.2, -0.15) is 0 Å². The van der Waals surface area contributed by atoms with Gasteiger partial charge in [0.05, 0.1) is 11.4 Å². The quantitative estimate of drug-likeness (QED) is 0.754. The number of amides is 1. The number of unbranched alkanes of at least 4 members (excludes halogenated alkanes) is 1. The lowest BCUT2D eigenvalue weighted by Crippen LogP contribution is -2.54. The maximum absolute atomic E-state index is 12.1. The normalized spacial score (nSPS) is 33.5. The van der Waals surface area contributed by atoms with Gasteiger partial charge >= 0.3 is 0 Å². The largest absolute Gasteiger partial charge is 0.378 e. The van der Waals surface area contributed by atoms with E-state index in [2.05, 4.69) is 29.7 Å². The van der Waals surface area contributed by atoms with Crippen molar-refractivity contribution in [1.82, 2.24) is 0 Å². The molecule has 3 nitrogen and oxygen atoms in total. The lowest BCUT2D eigenvalue weighted by molar-refractivity contribution is -0.116. The number of carbonyl (C=O) groups excluding carboxylic acids is 1. The summed E-state index contributed by atoms with van der Waals surface area (Å²) in [6, 6.07) is 8.26. The Bertz CT molecular complexity index is 574. The molecule has 0 aliphatic heterocycles. The van der Waals surface area contributed by atoms with Crippen molar-refractivity contribution in [2.24, 2.45) is 17.8 Å². The van der Waals surface area contributed by atoms with Gasteiger partial charge in [0.25, 0.3) is 0 Å². The summed E-state index contributed by atoms with van der Waals surface area (Å²) in [5.41, 5.74) is 2.34. The molecule has 1 amide bonds. The third kappa shape index (κ3) is 3.18. The third-order valence-electron chi connectivity index (χ3n) is 6.40. The summed E-state index contributed by atoms with van der Waals surface area (Å²) in [6.07, 6.45) is 10.9. The highest BCUT2D eigenvalue weighted by atomic mass is 16.1. The zero-order valence-corrected chi connectivity index (χ0v) is 14.8. The predicted octanol–water partition coefficient (Wildman–Crippen LogP) is 5.20. The van der Waals surface area contributed by atoms with Crippen LogP contribution in [-0.4, -0.2) is 11.4 Å². The van der Waals surface area contributed by atoms with Gasteiger partial charge in [0.2, 0.25) is 5.91 Å². The van der Waals surface area contributed by atoms with Crippen LogP contribution in [-0.2, 0) is 4.79 Å². The van der Waals surface area contributed by atoms with Crippen molar-refractivity contribution < 1.29 is 4.79 Å². The lowest BCUT2D eigenvalue weighted by Gasteiger charge is -2.57. The van der Waals surface area contributed by atoms with Crippen molar-refractivity contribution >= 4 is 17.3 Å². The van der Waals surface area contributed by atoms with Gasteiger partial charge in [-0.25, -0.2) is 0 Å². The maximum atomic E-state index is 12.1. The Morgan fingerprint density at radius 1 is 1.04 bits per heavy atom. The van der Waals surface area contributed by atoms with Crippen LogP contribution in [0.15, 0.2) is 24.3 Å². The van der Waals surface area contributed by atoms with Gasteiger partial charge in [-0.3, -0.25) is 4.79 Å². The van der Waals surface area contributed by atoms with E-state index in [1.54, 1.807) is 0 Å². The van der Waals surface area contributed by atoms with E-state index in [9.17, 15) is 4.79 Å². The highest BCUT2D eigenvalue weighted by molar-refractivity contribution is 5.94. The summed E-state index contributed by atoms with van der Waals surface area (Å²) in [5, 5.41) is 7.03. The van der Waals surface area contributed by atoms with E-state index in [-0.39, 0.29) is 11.4 Å². The topological polar surface area (TPSA) is 41.1 Å². The zero-order valence-electron chi connectivity index (χ0n) is 14.8. The summed E-state index contributed by atoms with van der Waals surface area (Å²) >= 11 is 0. The number of hydrogen-bond acceptors (Lipinski definition) is 2. The van der Waals surface area contributed by atoms with E-state index in [4.69, 9.17) is 0 Å². The van der Waals surface area contributed by atoms with E-state index < -0.39 is 0 Å². The molecule has 0 unspecified atom stereocenters. The minimum absolute atomic E-state index is 0.136. The molecule has 5 rings (SSSR count). The molecule has 4 bridgehead atoms. The predicted molar refractivity (Wildman–Crippen MR) is 99.1 cm³/mol. The third-order valence-corrected chi connectivity index (χ3v) is 6.40. The monoisotopic (exact) mass is 326 g/mol. The molecule has 0 heterocycles. The van der Waals surface area contributed by atoms with Crippen LogP contribution >= 0.6 is 0 Å². The molecule has 3 heteroatoms. The van der Waals surface area contributed by atoms with Crippen molar-refractivity contribution in [3.8, 4) is 0 Å². The first-order valence-corrected chi connectivity index (χ1v) is 9.83. The second-order valence-corrected chi connectivity index (χ2v) is 8.52. The molecule has 0 aromatic heterocycles. The fraction of sp³-hybridized carbons (Fsp3) is 0.667. The SMILES string of the molecule is CCCCC(=O)Nc1ccccc1NC12CC3CC(CC(C3)C1)C2. The van der Waals surface area contributed by atoms with Crippen LogP contribution in [0.1, 0.15) is 64.7 Å². The minimum Gasteiger partial charge on any atom is -0.378 e. The Balaban J connectivity index is 1.50. The number of benzene rings is 1. The summed E-state index contributed by atoms with van der Waals surface area (Å²) in [7, 11) is 0. The molecule has 0 radical (unpaired) electrons. The van der Waals surface area contributed by atoms with Gasteiger partial charge in [-0.05, 0) is 74.8 Å². The molecule has 4 saturated carbocycles. The number of hydrogen-bond donors (Lipinski definition) is 2. The van der Waals surface area contributed by atoms with Gasteiger partial charge in [0, 0.05) is 12.0 Å². The van der Waals surface area contributed by atoms with Crippen molar-refractivity contribution in [3.05, 3.63) is 24.3 Å². The van der Waals surface area contributed by atoms with Crippen molar-refractivity contribution in [3.63, 3.8) is 0 Å². The first-order chi connectivity index (χ1) is 11.7. The number of anilines is 2. The van der Waals surface area contributed by atoms with E-state index in [0.717, 1.165) is 42.0 Å². The van der Waals surface area contributed by atoms with E-state index >= 15 is 0 Å². The molecule has 4 fully saturated rings. The van der Waals surface area contributed by atoms with Gasteiger partial charge in [-0.15, -0.1) is 0 Å². The molecule has 24 heavy (non-hydrogen) atoms. The average Bonchev–Trinajstić information content (AvgIpc) is 2.53. The van der Waals surface area contributed by atoms with Gasteiger partial charge in [0.1, 0.15) is 0 Å². The Hall–Kier alpha value is -1.51. The second-order valence-electron chi connectivity index (χ2n) is 8.52. The molecule has 4 aliphatic carbocycles. The van der Waals surface area contributed by atoms with Gasteiger partial charge < -0.3 is 10.6 Å². The molecule has 130 valence electrons. The lowest BCUT2D eigenvalue weighted by atomic mass is 9.53. The number of nitrogens with one attached hydrogen (secondary N) is 2. The first kappa shape index (κ1) is 16.0. The fourth-order valence-corrected chi connectivity index (χ4v) is 5.80. The van der Waals surface area contributed by atoms with Crippen LogP contribution in [0.2, 0.25) is 0 Å². The summed E-state index contributed by atoms with van der Waals surface area (Å²) in [4.78, 5) is 12.1. The van der Waals surface area contributed by atoms with Gasteiger partial charge in [0.15, 0.2) is 0 Å². The Labute approximate surface area is 145 Å². The van der Waals surface area contributed by atoms with Crippen LogP contribution in [0.4, 0.5) is 11.4 Å². The average molecular weight is 326 g/mol. The molecule has 0 saturated heterocycles. The number of rotatable bonds is 6. The summed E-state index contributed by atoms with van der Waals surface area (Å²) in [5.74, 6) is 2.91. The van der Waals surface area contributed by atoms with Crippen LogP contribution in [0.25, 0.3) is 0 Å². The highest BCUT2D eigenvalue weighted by Gasteiger charge is 2.51. The standard InChI is InChI=1S/C21H30N2O/c1-2-3-8-20(24)22-18-6-4-5-7-19(18)23-21-12-15-9-16(13-21)11-17(10-15)14-21/h4-7,15-17,23H,2-3,8-14H2,1H3,(H,22,24). The Morgan fingerprint density at radius 2 is 1.62 bits per heavy atom. The molecule has 1 aromatic rings. The van der Waals surface area contributed by atoms with Crippen LogP contribution in [0.3, 0.4) is 0 Å².